The number of carbonyl (C=O) groups is 2. The van der Waals surface area contributed by atoms with Gasteiger partial charge in [-0.2, -0.15) is 9.78 Å². The second-order valence-corrected chi connectivity index (χ2v) is 8.55. The van der Waals surface area contributed by atoms with Crippen molar-refractivity contribution in [1.82, 2.24) is 9.78 Å². The molecule has 3 aromatic carbocycles. The molecular formula is C28H24FN3O4. The Kier molecular flexibility index (Phi) is 6.25. The van der Waals surface area contributed by atoms with Gasteiger partial charge >= 0.3 is 5.97 Å². The molecule has 1 saturated carbocycles. The van der Waals surface area contributed by atoms with Crippen molar-refractivity contribution >= 4 is 17.6 Å². The number of aromatic nitrogens is 2. The van der Waals surface area contributed by atoms with Crippen LogP contribution in [0.4, 0.5) is 10.1 Å². The molecular weight excluding hydrogens is 461 g/mol. The van der Waals surface area contributed by atoms with Crippen LogP contribution in [0.15, 0.2) is 72.8 Å². The molecule has 4 aromatic rings. The van der Waals surface area contributed by atoms with Gasteiger partial charge in [-0.1, -0.05) is 24.3 Å². The average Bonchev–Trinajstić information content (AvgIpc) is 3.67. The minimum Gasteiger partial charge on any atom is -0.496 e. The Hall–Kier alpha value is -4.46. The number of nitrogens with one attached hydrogen (secondary N) is 1. The summed E-state index contributed by atoms with van der Waals surface area (Å²) in [5.74, 6) is -0.0446. The number of hydrogen-bond acceptors (Lipinski definition) is 5. The number of para-hydroxylation sites is 1. The van der Waals surface area contributed by atoms with E-state index in [9.17, 15) is 14.0 Å². The number of ether oxygens (including phenoxy) is 2. The number of anilines is 1. The van der Waals surface area contributed by atoms with Crippen molar-refractivity contribution in [2.45, 2.75) is 19.8 Å². The summed E-state index contributed by atoms with van der Waals surface area (Å²) < 4.78 is 26.4. The van der Waals surface area contributed by atoms with Gasteiger partial charge in [0.05, 0.1) is 18.4 Å². The maximum Gasteiger partial charge on any atom is 0.309 e. The fourth-order valence-electron chi connectivity index (χ4n) is 3.99. The summed E-state index contributed by atoms with van der Waals surface area (Å²) in [5, 5.41) is 7.72. The van der Waals surface area contributed by atoms with Gasteiger partial charge in [-0.3, -0.25) is 9.59 Å². The molecule has 5 rings (SSSR count). The number of esters is 1. The van der Waals surface area contributed by atoms with Crippen LogP contribution >= 0.6 is 0 Å². The van der Waals surface area contributed by atoms with Crippen LogP contribution in [-0.2, 0) is 9.59 Å². The number of nitrogens with zero attached hydrogens (tertiary/aromatic N) is 2. The van der Waals surface area contributed by atoms with E-state index in [4.69, 9.17) is 14.6 Å². The minimum absolute atomic E-state index is 0.0159. The van der Waals surface area contributed by atoms with E-state index in [-0.39, 0.29) is 17.7 Å². The zero-order valence-electron chi connectivity index (χ0n) is 19.8. The normalized spacial score (nSPS) is 12.8. The van der Waals surface area contributed by atoms with Gasteiger partial charge in [0.25, 0.3) is 0 Å². The fourth-order valence-corrected chi connectivity index (χ4v) is 3.99. The van der Waals surface area contributed by atoms with Crippen molar-refractivity contribution in [3.63, 3.8) is 0 Å². The molecule has 1 amide bonds. The third kappa shape index (κ3) is 4.70. The van der Waals surface area contributed by atoms with Gasteiger partial charge in [0, 0.05) is 24.1 Å². The van der Waals surface area contributed by atoms with Crippen LogP contribution in [0, 0.1) is 11.7 Å². The third-order valence-electron chi connectivity index (χ3n) is 5.91. The van der Waals surface area contributed by atoms with E-state index in [0.29, 0.717) is 39.5 Å². The summed E-state index contributed by atoms with van der Waals surface area (Å²) in [4.78, 5) is 24.3. The average molecular weight is 486 g/mol. The summed E-state index contributed by atoms with van der Waals surface area (Å²) in [6.07, 6.45) is 1.83. The lowest BCUT2D eigenvalue weighted by molar-refractivity contribution is -0.132. The Labute approximate surface area is 207 Å². The molecule has 8 heteroatoms. The van der Waals surface area contributed by atoms with Crippen molar-refractivity contribution in [3.8, 4) is 39.7 Å². The molecule has 182 valence electrons. The molecule has 1 aliphatic carbocycles. The second-order valence-electron chi connectivity index (χ2n) is 8.55. The summed E-state index contributed by atoms with van der Waals surface area (Å²) in [5.41, 5.74) is 3.67. The van der Waals surface area contributed by atoms with Gasteiger partial charge < -0.3 is 14.8 Å². The Balaban J connectivity index is 1.69. The molecule has 1 heterocycles. The summed E-state index contributed by atoms with van der Waals surface area (Å²) in [6.45, 7) is 1.31. The summed E-state index contributed by atoms with van der Waals surface area (Å²) in [6, 6.07) is 20.4. The van der Waals surface area contributed by atoms with Crippen molar-refractivity contribution in [2.24, 2.45) is 5.92 Å². The van der Waals surface area contributed by atoms with Crippen LogP contribution in [0.5, 0.6) is 11.6 Å². The largest absolute Gasteiger partial charge is 0.496 e. The first-order chi connectivity index (χ1) is 17.4. The molecule has 1 aliphatic rings. The SMILES string of the molecule is COc1ccccc1-c1nn(-c2ccc(F)cc2)c(OC(C)=O)c1-c1ccc(NC(=O)C2CC2)cc1. The lowest BCUT2D eigenvalue weighted by atomic mass is 10.00. The Bertz CT molecular complexity index is 1420. The predicted molar refractivity (Wildman–Crippen MR) is 134 cm³/mol. The number of halogens is 1. The molecule has 1 N–H and O–H groups in total. The number of benzene rings is 3. The standard InChI is InChI=1S/C28H24FN3O4/c1-17(33)36-28-25(18-9-13-21(14-10-18)30-27(34)19-7-8-19)26(23-5-3-4-6-24(23)35-2)31-32(28)22-15-11-20(29)12-16-22/h3-6,9-16,19H,7-8H2,1-2H3,(H,30,34). The van der Waals surface area contributed by atoms with Crippen LogP contribution in [0.3, 0.4) is 0 Å². The van der Waals surface area contributed by atoms with Crippen LogP contribution in [0.2, 0.25) is 0 Å². The lowest BCUT2D eigenvalue weighted by Gasteiger charge is -2.11. The first kappa shape index (κ1) is 23.3. The van der Waals surface area contributed by atoms with E-state index in [1.807, 2.05) is 36.4 Å². The highest BCUT2D eigenvalue weighted by Gasteiger charge is 2.30. The van der Waals surface area contributed by atoms with E-state index in [1.165, 1.54) is 23.7 Å². The zero-order valence-corrected chi connectivity index (χ0v) is 19.8. The monoisotopic (exact) mass is 485 g/mol. The highest BCUT2D eigenvalue weighted by atomic mass is 19.1. The minimum atomic E-state index is -0.528. The second kappa shape index (κ2) is 9.65. The molecule has 0 saturated heterocycles. The first-order valence-electron chi connectivity index (χ1n) is 11.6. The fraction of sp³-hybridized carbons (Fsp3) is 0.179. The smallest absolute Gasteiger partial charge is 0.309 e. The number of hydrogen-bond donors (Lipinski definition) is 1. The van der Waals surface area contributed by atoms with Gasteiger partial charge in [0.15, 0.2) is 0 Å². The van der Waals surface area contributed by atoms with Crippen molar-refractivity contribution in [1.29, 1.82) is 0 Å². The van der Waals surface area contributed by atoms with E-state index in [2.05, 4.69) is 5.32 Å². The molecule has 7 nitrogen and oxygen atoms in total. The number of rotatable bonds is 7. The van der Waals surface area contributed by atoms with Crippen LogP contribution in [-0.4, -0.2) is 28.8 Å². The predicted octanol–water partition coefficient (Wildman–Crippen LogP) is 5.63. The van der Waals surface area contributed by atoms with Gasteiger partial charge in [-0.25, -0.2) is 4.39 Å². The number of carbonyl (C=O) groups excluding carboxylic acids is 2. The summed E-state index contributed by atoms with van der Waals surface area (Å²) in [7, 11) is 1.57. The Morgan fingerprint density at radius 3 is 2.33 bits per heavy atom. The van der Waals surface area contributed by atoms with Gasteiger partial charge in [0.2, 0.25) is 11.8 Å². The Morgan fingerprint density at radius 2 is 1.69 bits per heavy atom. The van der Waals surface area contributed by atoms with Crippen LogP contribution in [0.25, 0.3) is 28.1 Å². The van der Waals surface area contributed by atoms with E-state index < -0.39 is 11.8 Å². The molecule has 0 aliphatic heterocycles. The van der Waals surface area contributed by atoms with E-state index >= 15 is 0 Å². The van der Waals surface area contributed by atoms with Crippen molar-refractivity contribution in [2.75, 3.05) is 12.4 Å². The molecule has 36 heavy (non-hydrogen) atoms. The van der Waals surface area contributed by atoms with Gasteiger partial charge in [-0.15, -0.1) is 0 Å². The molecule has 0 unspecified atom stereocenters. The topological polar surface area (TPSA) is 82.4 Å². The zero-order chi connectivity index (χ0) is 25.2. The van der Waals surface area contributed by atoms with E-state index in [0.717, 1.165) is 12.8 Å². The first-order valence-corrected chi connectivity index (χ1v) is 11.6. The Morgan fingerprint density at radius 1 is 1.00 bits per heavy atom. The lowest BCUT2D eigenvalue weighted by Crippen LogP contribution is -2.13. The maximum absolute atomic E-state index is 13.6. The highest BCUT2D eigenvalue weighted by molar-refractivity contribution is 5.95. The van der Waals surface area contributed by atoms with Crippen molar-refractivity contribution < 1.29 is 23.5 Å². The maximum atomic E-state index is 13.6. The molecule has 0 bridgehead atoms. The van der Waals surface area contributed by atoms with Crippen molar-refractivity contribution in [3.05, 3.63) is 78.6 Å². The molecule has 1 aromatic heterocycles. The molecule has 1 fully saturated rings. The quantitative estimate of drug-likeness (QED) is 0.343. The molecule has 0 spiro atoms. The molecule has 0 atom stereocenters. The van der Waals surface area contributed by atoms with Gasteiger partial charge in [0.1, 0.15) is 17.3 Å². The van der Waals surface area contributed by atoms with E-state index in [1.54, 1.807) is 31.4 Å². The van der Waals surface area contributed by atoms with Gasteiger partial charge in [-0.05, 0) is 66.9 Å². The highest BCUT2D eigenvalue weighted by Crippen LogP contribution is 2.43. The number of methoxy groups -OCH3 is 1. The van der Waals surface area contributed by atoms with Crippen LogP contribution < -0.4 is 14.8 Å². The summed E-state index contributed by atoms with van der Waals surface area (Å²) >= 11 is 0. The number of amides is 1. The van der Waals surface area contributed by atoms with Crippen LogP contribution in [0.1, 0.15) is 19.8 Å². The third-order valence-corrected chi connectivity index (χ3v) is 5.91. The molecule has 0 radical (unpaired) electrons.